The Labute approximate surface area is 148 Å². The first-order valence-electron chi connectivity index (χ1n) is 8.42. The van der Waals surface area contributed by atoms with Gasteiger partial charge in [0, 0.05) is 10.0 Å². The van der Waals surface area contributed by atoms with Gasteiger partial charge in [-0.05, 0) is 69.4 Å². The molecule has 2 rings (SSSR count). The highest BCUT2D eigenvalue weighted by Gasteiger charge is 2.06. The predicted octanol–water partition coefficient (Wildman–Crippen LogP) is 4.84. The van der Waals surface area contributed by atoms with Gasteiger partial charge < -0.3 is 14.6 Å². The van der Waals surface area contributed by atoms with Crippen LogP contribution in [0.15, 0.2) is 39.2 Å². The number of benzene rings is 1. The van der Waals surface area contributed by atoms with Gasteiger partial charge in [-0.2, -0.15) is 0 Å². The van der Waals surface area contributed by atoms with Crippen molar-refractivity contribution >= 4 is 15.9 Å². The van der Waals surface area contributed by atoms with Gasteiger partial charge in [-0.1, -0.05) is 35.8 Å². The van der Waals surface area contributed by atoms with Crippen molar-refractivity contribution in [2.75, 3.05) is 26.2 Å². The van der Waals surface area contributed by atoms with Gasteiger partial charge in [-0.3, -0.25) is 0 Å². The molecule has 0 aliphatic rings. The molecule has 0 bridgehead atoms. The van der Waals surface area contributed by atoms with E-state index in [0.717, 1.165) is 54.3 Å². The Hall–Kier alpha value is -1.10. The van der Waals surface area contributed by atoms with Crippen LogP contribution in [0.4, 0.5) is 0 Å². The van der Waals surface area contributed by atoms with Crippen LogP contribution in [0, 0.1) is 6.92 Å². The van der Waals surface area contributed by atoms with Crippen LogP contribution in [0.5, 0.6) is 0 Å². The van der Waals surface area contributed by atoms with Crippen LogP contribution >= 0.6 is 15.9 Å². The molecule has 1 N–H and O–H groups in total. The number of hydrogen-bond acceptors (Lipinski definition) is 3. The van der Waals surface area contributed by atoms with Gasteiger partial charge in [0.05, 0.1) is 6.54 Å². The monoisotopic (exact) mass is 378 g/mol. The van der Waals surface area contributed by atoms with Crippen LogP contribution in [0.2, 0.25) is 0 Å². The Kier molecular flexibility index (Phi) is 7.34. The third kappa shape index (κ3) is 5.48. The van der Waals surface area contributed by atoms with Crippen molar-refractivity contribution < 1.29 is 4.42 Å². The number of furan rings is 1. The molecule has 0 atom stereocenters. The standard InChI is InChI=1S/C19H27BrN2O/c1-4-22(5-2)12-6-11-21-14-17-8-10-19(23-17)16-7-9-18(20)15(3)13-16/h7-10,13,21H,4-6,11-12,14H2,1-3H3. The number of halogens is 1. The van der Waals surface area contributed by atoms with Gasteiger partial charge in [0.2, 0.25) is 0 Å². The minimum absolute atomic E-state index is 0.785. The summed E-state index contributed by atoms with van der Waals surface area (Å²) in [6, 6.07) is 10.4. The van der Waals surface area contributed by atoms with Crippen LogP contribution in [-0.4, -0.2) is 31.1 Å². The van der Waals surface area contributed by atoms with Gasteiger partial charge in [0.15, 0.2) is 0 Å². The maximum absolute atomic E-state index is 5.95. The van der Waals surface area contributed by atoms with Crippen molar-refractivity contribution in [2.24, 2.45) is 0 Å². The normalized spacial score (nSPS) is 11.3. The summed E-state index contributed by atoms with van der Waals surface area (Å²) in [5.41, 5.74) is 2.34. The maximum Gasteiger partial charge on any atom is 0.134 e. The Morgan fingerprint density at radius 3 is 2.61 bits per heavy atom. The molecule has 2 aromatic rings. The molecule has 0 radical (unpaired) electrons. The minimum Gasteiger partial charge on any atom is -0.460 e. The average Bonchev–Trinajstić information content (AvgIpc) is 3.02. The van der Waals surface area contributed by atoms with Crippen molar-refractivity contribution in [2.45, 2.75) is 33.7 Å². The molecule has 3 nitrogen and oxygen atoms in total. The molecule has 1 aromatic heterocycles. The fraction of sp³-hybridized carbons (Fsp3) is 0.474. The van der Waals surface area contributed by atoms with E-state index in [1.807, 2.05) is 0 Å². The lowest BCUT2D eigenvalue weighted by Gasteiger charge is -2.17. The molecular weight excluding hydrogens is 352 g/mol. The van der Waals surface area contributed by atoms with Crippen molar-refractivity contribution in [1.82, 2.24) is 10.2 Å². The number of nitrogens with zero attached hydrogens (tertiary/aromatic N) is 1. The van der Waals surface area contributed by atoms with Crippen LogP contribution < -0.4 is 5.32 Å². The molecular formula is C19H27BrN2O. The fourth-order valence-corrected chi connectivity index (χ4v) is 2.85. The van der Waals surface area contributed by atoms with E-state index >= 15 is 0 Å². The van der Waals surface area contributed by atoms with Crippen molar-refractivity contribution in [3.05, 3.63) is 46.1 Å². The lowest BCUT2D eigenvalue weighted by atomic mass is 10.1. The lowest BCUT2D eigenvalue weighted by molar-refractivity contribution is 0.297. The van der Waals surface area contributed by atoms with Gasteiger partial charge in [0.25, 0.3) is 0 Å². The Morgan fingerprint density at radius 1 is 1.13 bits per heavy atom. The highest BCUT2D eigenvalue weighted by molar-refractivity contribution is 9.10. The molecule has 4 heteroatoms. The Balaban J connectivity index is 1.80. The molecule has 0 spiro atoms. The fourth-order valence-electron chi connectivity index (χ4n) is 2.61. The first-order chi connectivity index (χ1) is 11.1. The SMILES string of the molecule is CCN(CC)CCCNCc1ccc(-c2ccc(Br)c(C)c2)o1. The topological polar surface area (TPSA) is 28.4 Å². The Morgan fingerprint density at radius 2 is 1.91 bits per heavy atom. The van der Waals surface area contributed by atoms with E-state index in [1.165, 1.54) is 12.0 Å². The third-order valence-corrected chi connectivity index (χ3v) is 5.02. The highest BCUT2D eigenvalue weighted by atomic mass is 79.9. The van der Waals surface area contributed by atoms with E-state index in [0.29, 0.717) is 0 Å². The molecule has 0 aliphatic heterocycles. The summed E-state index contributed by atoms with van der Waals surface area (Å²) in [4.78, 5) is 2.45. The van der Waals surface area contributed by atoms with Crippen molar-refractivity contribution in [3.8, 4) is 11.3 Å². The summed E-state index contributed by atoms with van der Waals surface area (Å²) in [6.07, 6.45) is 1.17. The van der Waals surface area contributed by atoms with Crippen molar-refractivity contribution in [3.63, 3.8) is 0 Å². The summed E-state index contributed by atoms with van der Waals surface area (Å²) >= 11 is 3.53. The first-order valence-corrected chi connectivity index (χ1v) is 9.21. The first kappa shape index (κ1) is 18.2. The van der Waals surface area contributed by atoms with Crippen LogP contribution in [0.3, 0.4) is 0 Å². The van der Waals surface area contributed by atoms with Crippen LogP contribution in [-0.2, 0) is 6.54 Å². The predicted molar refractivity (Wildman–Crippen MR) is 101 cm³/mol. The van der Waals surface area contributed by atoms with Gasteiger partial charge in [-0.25, -0.2) is 0 Å². The smallest absolute Gasteiger partial charge is 0.134 e. The largest absolute Gasteiger partial charge is 0.460 e. The summed E-state index contributed by atoms with van der Waals surface area (Å²) < 4.78 is 7.07. The van der Waals surface area contributed by atoms with Crippen molar-refractivity contribution in [1.29, 1.82) is 0 Å². The zero-order valence-electron chi connectivity index (χ0n) is 14.4. The number of aryl methyl sites for hydroxylation is 1. The zero-order valence-corrected chi connectivity index (χ0v) is 15.9. The van der Waals surface area contributed by atoms with E-state index in [2.05, 4.69) is 77.2 Å². The molecule has 0 aliphatic carbocycles. The van der Waals surface area contributed by atoms with E-state index in [4.69, 9.17) is 4.42 Å². The molecule has 0 saturated heterocycles. The van der Waals surface area contributed by atoms with Gasteiger partial charge >= 0.3 is 0 Å². The average molecular weight is 379 g/mol. The molecule has 0 fully saturated rings. The maximum atomic E-state index is 5.95. The third-order valence-electron chi connectivity index (χ3n) is 4.13. The molecule has 0 amide bonds. The van der Waals surface area contributed by atoms with Gasteiger partial charge in [-0.15, -0.1) is 0 Å². The molecule has 1 heterocycles. The van der Waals surface area contributed by atoms with E-state index in [9.17, 15) is 0 Å². The van der Waals surface area contributed by atoms with Crippen LogP contribution in [0.1, 0.15) is 31.6 Å². The quantitative estimate of drug-likeness (QED) is 0.632. The van der Waals surface area contributed by atoms with E-state index in [-0.39, 0.29) is 0 Å². The zero-order chi connectivity index (χ0) is 16.7. The second kappa shape index (κ2) is 9.26. The Bertz CT molecular complexity index is 605. The second-order valence-electron chi connectivity index (χ2n) is 5.79. The summed E-state index contributed by atoms with van der Waals surface area (Å²) in [7, 11) is 0. The molecule has 126 valence electrons. The molecule has 0 unspecified atom stereocenters. The minimum atomic E-state index is 0.785. The van der Waals surface area contributed by atoms with E-state index < -0.39 is 0 Å². The summed E-state index contributed by atoms with van der Waals surface area (Å²) in [5, 5.41) is 3.46. The number of rotatable bonds is 9. The number of hydrogen-bond donors (Lipinski definition) is 1. The lowest BCUT2D eigenvalue weighted by Crippen LogP contribution is -2.27. The molecule has 23 heavy (non-hydrogen) atoms. The molecule has 0 saturated carbocycles. The van der Waals surface area contributed by atoms with Crippen LogP contribution in [0.25, 0.3) is 11.3 Å². The summed E-state index contributed by atoms with van der Waals surface area (Å²) in [6.45, 7) is 11.7. The molecule has 1 aromatic carbocycles. The highest BCUT2D eigenvalue weighted by Crippen LogP contribution is 2.26. The summed E-state index contributed by atoms with van der Waals surface area (Å²) in [5.74, 6) is 1.92. The van der Waals surface area contributed by atoms with E-state index in [1.54, 1.807) is 0 Å². The van der Waals surface area contributed by atoms with Gasteiger partial charge in [0.1, 0.15) is 11.5 Å². The second-order valence-corrected chi connectivity index (χ2v) is 6.64. The number of nitrogens with one attached hydrogen (secondary N) is 1.